The summed E-state index contributed by atoms with van der Waals surface area (Å²) in [6, 6.07) is 10.4. The van der Waals surface area contributed by atoms with Crippen molar-refractivity contribution in [3.63, 3.8) is 0 Å². The standard InChI is InChI=1S/C26H21FIN5O5S/c1-12-20-19(21(31(2)23(12)34)30-18-9-6-13(28)10-17(18)27)24(35)33(15-7-8-15)26(38)32(20)16-5-3-4-14(11-16)29-22(39)25(36)37/h3-6,9-11,15,30H,7-8H2,1-2H3,(H,29,39)(H,36,37). The summed E-state index contributed by atoms with van der Waals surface area (Å²) in [6.07, 6.45) is 1.27. The molecular formula is C26H21FIN5O5S. The molecule has 0 radical (unpaired) electrons. The van der Waals surface area contributed by atoms with Gasteiger partial charge in [0.25, 0.3) is 11.1 Å². The molecule has 1 aliphatic rings. The number of nitrogens with zero attached hydrogens (tertiary/aromatic N) is 3. The first kappa shape index (κ1) is 26.7. The number of hydrogen-bond donors (Lipinski definition) is 3. The molecule has 1 fully saturated rings. The van der Waals surface area contributed by atoms with Crippen LogP contribution in [0.5, 0.6) is 0 Å². The number of carboxylic acids is 1. The lowest BCUT2D eigenvalue weighted by atomic mass is 10.1. The molecule has 2 aromatic heterocycles. The highest BCUT2D eigenvalue weighted by Crippen LogP contribution is 2.34. The summed E-state index contributed by atoms with van der Waals surface area (Å²) >= 11 is 6.82. The second-order valence-corrected chi connectivity index (χ2v) is 10.8. The normalized spacial score (nSPS) is 12.9. The van der Waals surface area contributed by atoms with Crippen LogP contribution in [-0.2, 0) is 11.8 Å². The van der Waals surface area contributed by atoms with Crippen molar-refractivity contribution in [2.75, 3.05) is 10.6 Å². The van der Waals surface area contributed by atoms with E-state index in [1.165, 1.54) is 41.3 Å². The molecule has 39 heavy (non-hydrogen) atoms. The van der Waals surface area contributed by atoms with Gasteiger partial charge in [0, 0.05) is 27.9 Å². The van der Waals surface area contributed by atoms with E-state index in [2.05, 4.69) is 10.6 Å². The van der Waals surface area contributed by atoms with E-state index in [4.69, 9.17) is 17.3 Å². The fourth-order valence-corrected chi connectivity index (χ4v) is 5.05. The van der Waals surface area contributed by atoms with E-state index in [0.29, 0.717) is 22.1 Å². The Morgan fingerprint density at radius 2 is 1.85 bits per heavy atom. The average Bonchev–Trinajstić information content (AvgIpc) is 3.72. The number of carboxylic acid groups (broad SMARTS) is 1. The number of benzene rings is 2. The molecule has 0 amide bonds. The lowest BCUT2D eigenvalue weighted by molar-refractivity contribution is -0.129. The molecule has 3 N–H and O–H groups in total. The number of thiocarbonyl (C=S) groups is 1. The zero-order chi connectivity index (χ0) is 28.2. The van der Waals surface area contributed by atoms with Crippen molar-refractivity contribution in [2.24, 2.45) is 7.05 Å². The molecule has 0 bridgehead atoms. The van der Waals surface area contributed by atoms with Crippen LogP contribution in [0.1, 0.15) is 24.4 Å². The van der Waals surface area contributed by atoms with Gasteiger partial charge in [-0.25, -0.2) is 14.0 Å². The van der Waals surface area contributed by atoms with Crippen molar-refractivity contribution < 1.29 is 14.3 Å². The molecule has 0 atom stereocenters. The first-order valence-electron chi connectivity index (χ1n) is 11.8. The summed E-state index contributed by atoms with van der Waals surface area (Å²) in [5, 5.41) is 14.7. The summed E-state index contributed by atoms with van der Waals surface area (Å²) in [7, 11) is 1.47. The van der Waals surface area contributed by atoms with Crippen molar-refractivity contribution >= 4 is 73.9 Å². The van der Waals surface area contributed by atoms with Gasteiger partial charge in [0.15, 0.2) is 4.99 Å². The molecule has 10 nitrogen and oxygen atoms in total. The molecule has 5 rings (SSSR count). The van der Waals surface area contributed by atoms with E-state index in [1.807, 2.05) is 22.6 Å². The second-order valence-electron chi connectivity index (χ2n) is 9.14. The Labute approximate surface area is 238 Å². The maximum atomic E-state index is 14.8. The minimum atomic E-state index is -1.32. The Morgan fingerprint density at radius 3 is 2.49 bits per heavy atom. The van der Waals surface area contributed by atoms with E-state index >= 15 is 0 Å². The Kier molecular flexibility index (Phi) is 6.88. The molecule has 1 saturated carbocycles. The summed E-state index contributed by atoms with van der Waals surface area (Å²) < 4.78 is 19.1. The van der Waals surface area contributed by atoms with Crippen LogP contribution in [0.3, 0.4) is 0 Å². The fourth-order valence-electron chi connectivity index (χ4n) is 4.48. The number of nitrogens with one attached hydrogen (secondary N) is 2. The Morgan fingerprint density at radius 1 is 1.13 bits per heavy atom. The van der Waals surface area contributed by atoms with E-state index in [1.54, 1.807) is 24.3 Å². The summed E-state index contributed by atoms with van der Waals surface area (Å²) in [5.74, 6) is -1.86. The van der Waals surface area contributed by atoms with Crippen LogP contribution < -0.4 is 27.4 Å². The molecular weight excluding hydrogens is 640 g/mol. The maximum Gasteiger partial charge on any atom is 0.363 e. The van der Waals surface area contributed by atoms with Crippen LogP contribution in [-0.4, -0.2) is 29.8 Å². The number of halogens is 2. The van der Waals surface area contributed by atoms with E-state index in [9.17, 15) is 23.6 Å². The molecule has 0 spiro atoms. The van der Waals surface area contributed by atoms with Gasteiger partial charge >= 0.3 is 11.7 Å². The Hall–Kier alpha value is -3.85. The number of aliphatic carboxylic acids is 1. The average molecular weight is 661 g/mol. The number of anilines is 3. The number of fused-ring (bicyclic) bond motifs is 1. The maximum absolute atomic E-state index is 14.8. The first-order valence-corrected chi connectivity index (χ1v) is 13.3. The van der Waals surface area contributed by atoms with Crippen molar-refractivity contribution in [2.45, 2.75) is 25.8 Å². The molecule has 2 heterocycles. The highest BCUT2D eigenvalue weighted by Gasteiger charge is 2.31. The lowest BCUT2D eigenvalue weighted by Crippen LogP contribution is -2.41. The number of aryl methyl sites for hydroxylation is 1. The second kappa shape index (κ2) is 10.0. The van der Waals surface area contributed by atoms with Gasteiger partial charge in [-0.05, 0) is 78.8 Å². The number of carbonyl (C=O) groups is 1. The molecule has 2 aromatic carbocycles. The van der Waals surface area contributed by atoms with Crippen molar-refractivity contribution in [3.8, 4) is 5.69 Å². The Bertz CT molecular complexity index is 1890. The minimum Gasteiger partial charge on any atom is -0.476 e. The monoisotopic (exact) mass is 661 g/mol. The van der Waals surface area contributed by atoms with Crippen LogP contribution in [0.15, 0.2) is 56.8 Å². The topological polar surface area (TPSA) is 127 Å². The highest BCUT2D eigenvalue weighted by atomic mass is 127. The van der Waals surface area contributed by atoms with Gasteiger partial charge in [-0.2, -0.15) is 0 Å². The van der Waals surface area contributed by atoms with Gasteiger partial charge in [-0.1, -0.05) is 18.3 Å². The molecule has 13 heteroatoms. The summed E-state index contributed by atoms with van der Waals surface area (Å²) in [6.45, 7) is 1.51. The molecule has 0 saturated heterocycles. The van der Waals surface area contributed by atoms with Gasteiger partial charge in [0.05, 0.1) is 16.9 Å². The molecule has 0 unspecified atom stereocenters. The minimum absolute atomic E-state index is 0.0372. The molecule has 0 aliphatic heterocycles. The third-order valence-corrected chi connectivity index (χ3v) is 7.44. The quantitative estimate of drug-likeness (QED) is 0.218. The van der Waals surface area contributed by atoms with Crippen LogP contribution >= 0.6 is 34.8 Å². The molecule has 200 valence electrons. The fraction of sp³-hybridized carbons (Fsp3) is 0.192. The van der Waals surface area contributed by atoms with Crippen molar-refractivity contribution in [3.05, 3.63) is 88.6 Å². The van der Waals surface area contributed by atoms with Gasteiger partial charge < -0.3 is 15.7 Å². The predicted molar refractivity (Wildman–Crippen MR) is 158 cm³/mol. The highest BCUT2D eigenvalue weighted by molar-refractivity contribution is 14.1. The third-order valence-electron chi connectivity index (χ3n) is 6.50. The third kappa shape index (κ3) is 4.76. The number of rotatable bonds is 5. The number of hydrogen-bond acceptors (Lipinski definition) is 6. The van der Waals surface area contributed by atoms with Crippen LogP contribution in [0.4, 0.5) is 21.6 Å². The van der Waals surface area contributed by atoms with Gasteiger partial charge in [-0.3, -0.25) is 23.3 Å². The molecule has 4 aromatic rings. The smallest absolute Gasteiger partial charge is 0.363 e. The lowest BCUT2D eigenvalue weighted by Gasteiger charge is -2.21. The predicted octanol–water partition coefficient (Wildman–Crippen LogP) is 3.81. The molecule has 1 aliphatic carbocycles. The van der Waals surface area contributed by atoms with E-state index in [-0.39, 0.29) is 39.7 Å². The Balaban J connectivity index is 1.86. The summed E-state index contributed by atoms with van der Waals surface area (Å²) in [5.41, 5.74) is -0.898. The van der Waals surface area contributed by atoms with Crippen molar-refractivity contribution in [1.82, 2.24) is 13.7 Å². The summed E-state index contributed by atoms with van der Waals surface area (Å²) in [4.78, 5) is 51.9. The van der Waals surface area contributed by atoms with Gasteiger partial charge in [0.2, 0.25) is 0 Å². The van der Waals surface area contributed by atoms with Crippen molar-refractivity contribution in [1.29, 1.82) is 0 Å². The zero-order valence-corrected chi connectivity index (χ0v) is 23.6. The number of pyridine rings is 1. The van der Waals surface area contributed by atoms with E-state index < -0.39 is 33.6 Å². The zero-order valence-electron chi connectivity index (χ0n) is 20.6. The SMILES string of the molecule is Cc1c(=O)n(C)c(Nc2ccc(I)cc2F)c2c(=O)n(C3CC3)c(=O)n(-c3cccc(NC(=S)C(=O)O)c3)c12. The van der Waals surface area contributed by atoms with E-state index in [0.717, 1.165) is 4.57 Å². The van der Waals surface area contributed by atoms with Crippen LogP contribution in [0, 0.1) is 16.3 Å². The van der Waals surface area contributed by atoms with Crippen LogP contribution in [0.25, 0.3) is 16.6 Å². The van der Waals surface area contributed by atoms with Gasteiger partial charge in [-0.15, -0.1) is 0 Å². The first-order chi connectivity index (χ1) is 18.5. The van der Waals surface area contributed by atoms with Gasteiger partial charge in [0.1, 0.15) is 17.0 Å². The van der Waals surface area contributed by atoms with Crippen LogP contribution in [0.2, 0.25) is 0 Å². The largest absolute Gasteiger partial charge is 0.476 e. The number of aromatic nitrogens is 3.